The molecule has 0 saturated heterocycles. The van der Waals surface area contributed by atoms with Crippen LogP contribution in [0.4, 0.5) is 22.7 Å². The van der Waals surface area contributed by atoms with E-state index in [0.29, 0.717) is 46.1 Å². The predicted octanol–water partition coefficient (Wildman–Crippen LogP) is 14.9. The molecule has 62 heavy (non-hydrogen) atoms. The predicted molar refractivity (Wildman–Crippen MR) is 253 cm³/mol. The Morgan fingerprint density at radius 3 is 2.08 bits per heavy atom. The van der Waals surface area contributed by atoms with Gasteiger partial charge in [0, 0.05) is 70.8 Å². The van der Waals surface area contributed by atoms with E-state index in [1.54, 1.807) is 36.4 Å². The number of pyridine rings is 1. The summed E-state index contributed by atoms with van der Waals surface area (Å²) in [6, 6.07) is 52.6. The number of hydrogen-bond acceptors (Lipinski definition) is 5. The highest BCUT2D eigenvalue weighted by Gasteiger charge is 2.32. The van der Waals surface area contributed by atoms with Gasteiger partial charge in [0.15, 0.2) is 0 Å². The number of ether oxygens (including phenoxy) is 2. The van der Waals surface area contributed by atoms with Gasteiger partial charge in [0.25, 0.3) is 0 Å². The van der Waals surface area contributed by atoms with Crippen molar-refractivity contribution in [3.8, 4) is 62.2 Å². The van der Waals surface area contributed by atoms with Crippen molar-refractivity contribution >= 4 is 44.6 Å². The maximum atomic E-state index is 9.31. The van der Waals surface area contributed by atoms with Gasteiger partial charge < -0.3 is 19.3 Å². The Balaban J connectivity index is 1.15. The smallest absolute Gasteiger partial charge is 0.137 e. The fraction of sp³-hybridized carbons (Fsp3) is 0.0536. The van der Waals surface area contributed by atoms with Crippen LogP contribution in [-0.2, 0) is 0 Å². The molecule has 6 heteroatoms. The van der Waals surface area contributed by atoms with E-state index < -0.39 is 37.4 Å². The van der Waals surface area contributed by atoms with E-state index in [4.69, 9.17) is 24.1 Å². The van der Waals surface area contributed by atoms with Crippen LogP contribution in [0.3, 0.4) is 0 Å². The van der Waals surface area contributed by atoms with Crippen molar-refractivity contribution in [3.05, 3.63) is 205 Å². The Morgan fingerprint density at radius 1 is 0.548 bits per heavy atom. The summed E-state index contributed by atoms with van der Waals surface area (Å²) < 4.78 is 94.3. The summed E-state index contributed by atoms with van der Waals surface area (Å²) in [6.07, 6.45) is 1.46. The first-order chi connectivity index (χ1) is 34.2. The summed E-state index contributed by atoms with van der Waals surface area (Å²) in [5, 5.41) is 0.501. The molecule has 13 rings (SSSR count). The molecule has 296 valence electrons. The van der Waals surface area contributed by atoms with Gasteiger partial charge >= 0.3 is 0 Å². The minimum Gasteiger partial charge on any atom is -0.457 e. The fourth-order valence-corrected chi connectivity index (χ4v) is 8.93. The van der Waals surface area contributed by atoms with Crippen LogP contribution in [0.5, 0.6) is 23.0 Å². The Hall–Kier alpha value is -8.09. The molecule has 3 aliphatic heterocycles. The summed E-state index contributed by atoms with van der Waals surface area (Å²) in [6.45, 7) is -5.15. The van der Waals surface area contributed by atoms with Crippen molar-refractivity contribution in [1.29, 1.82) is 0 Å². The van der Waals surface area contributed by atoms with Crippen molar-refractivity contribution in [3.63, 3.8) is 0 Å². The van der Waals surface area contributed by atoms with Crippen molar-refractivity contribution in [1.82, 2.24) is 9.55 Å². The van der Waals surface area contributed by atoms with Crippen LogP contribution in [-0.4, -0.2) is 16.2 Å². The Kier molecular flexibility index (Phi) is 6.36. The highest BCUT2D eigenvalue weighted by molar-refractivity contribution is 6.10. The molecule has 0 N–H and O–H groups in total. The minimum absolute atomic E-state index is 0.0293. The van der Waals surface area contributed by atoms with E-state index >= 15 is 0 Å². The summed E-state index contributed by atoms with van der Waals surface area (Å²) in [5.74, 6) is 1.85. The standard InChI is InChI=1S/C56H40N4O2/c1-36-26-29-49-47(30-36)43-28-27-41-33-52(43)60(49)55-31-37(2)48(34-57-55)45-19-7-11-25-54(45)62-53-24-10-6-18-44(53)46-21-13-20-42(38-14-4-3-5-15-38)56(46)59-35-58(50-22-8-9-23-51(50)59)39-16-12-17-40(32-39)61-41/h3-34H,35H2,1-2H3/i1D3,2D3,26D,29D,30D. The number of anilines is 4. The molecule has 0 atom stereocenters. The van der Waals surface area contributed by atoms with Crippen molar-refractivity contribution in [2.75, 3.05) is 16.5 Å². The molecule has 6 nitrogen and oxygen atoms in total. The second kappa shape index (κ2) is 14.3. The lowest BCUT2D eigenvalue weighted by Gasteiger charge is -2.28. The van der Waals surface area contributed by atoms with Crippen LogP contribution >= 0.6 is 0 Å². The topological polar surface area (TPSA) is 42.8 Å². The Labute approximate surface area is 372 Å². The van der Waals surface area contributed by atoms with Crippen LogP contribution in [0.1, 0.15) is 23.5 Å². The molecule has 0 amide bonds. The van der Waals surface area contributed by atoms with Crippen LogP contribution < -0.4 is 19.3 Å². The number of benzene rings is 8. The quantitative estimate of drug-likeness (QED) is 0.165. The molecule has 5 heterocycles. The highest BCUT2D eigenvalue weighted by atomic mass is 16.5. The van der Waals surface area contributed by atoms with Crippen LogP contribution in [0.15, 0.2) is 194 Å². The zero-order chi connectivity index (χ0) is 48.9. The SMILES string of the molecule is [2H]c1c(C([2H])([2H])[2H])c([2H])c2c3ccc4cc3n(c2c1[2H])-c1cc(C([2H])([2H])[2H])c(cn1)-c1ccccc1Oc1ccccc1-c1cccc(-c2ccccc2)c1N1CN(c2cccc(c2)O4)c2ccccc21. The van der Waals surface area contributed by atoms with Gasteiger partial charge in [0.05, 0.1) is 32.2 Å². The maximum absolute atomic E-state index is 9.31. The number of fused-ring (bicyclic) bond motifs is 5. The maximum Gasteiger partial charge on any atom is 0.137 e. The van der Waals surface area contributed by atoms with E-state index in [1.807, 2.05) is 84.9 Å². The molecular weight excluding hydrogens is 761 g/mol. The number of aryl methyl sites for hydroxylation is 1. The summed E-state index contributed by atoms with van der Waals surface area (Å²) in [7, 11) is 0. The number of hydrogen-bond donors (Lipinski definition) is 0. The highest BCUT2D eigenvalue weighted by Crippen LogP contribution is 2.52. The van der Waals surface area contributed by atoms with Gasteiger partial charge in [-0.15, -0.1) is 0 Å². The van der Waals surface area contributed by atoms with E-state index in [2.05, 4.69) is 52.3 Å². The Bertz CT molecular complexity index is 3800. The van der Waals surface area contributed by atoms with Gasteiger partial charge in [-0.25, -0.2) is 4.98 Å². The average molecular weight is 810 g/mol. The lowest BCUT2D eigenvalue weighted by atomic mass is 9.94. The molecule has 0 radical (unpaired) electrons. The van der Waals surface area contributed by atoms with Gasteiger partial charge in [0.2, 0.25) is 0 Å². The normalized spacial score (nSPS) is 15.3. The number of aromatic nitrogens is 2. The number of para-hydroxylation sites is 5. The first kappa shape index (κ1) is 27.6. The third-order valence-electron chi connectivity index (χ3n) is 11.7. The Morgan fingerprint density at radius 2 is 1.26 bits per heavy atom. The average Bonchev–Trinajstić information content (AvgIpc) is 3.92. The zero-order valence-corrected chi connectivity index (χ0v) is 33.1. The van der Waals surface area contributed by atoms with Crippen molar-refractivity contribution in [2.45, 2.75) is 13.7 Å². The van der Waals surface area contributed by atoms with Crippen molar-refractivity contribution in [2.24, 2.45) is 0 Å². The first-order valence-electron chi connectivity index (χ1n) is 24.8. The van der Waals surface area contributed by atoms with Crippen molar-refractivity contribution < 1.29 is 21.8 Å². The van der Waals surface area contributed by atoms with E-state index in [-0.39, 0.29) is 27.8 Å². The second-order valence-electron chi connectivity index (χ2n) is 15.3. The molecule has 8 aromatic carbocycles. The number of rotatable bonds is 1. The van der Waals surface area contributed by atoms with Crippen LogP contribution in [0.2, 0.25) is 0 Å². The largest absolute Gasteiger partial charge is 0.457 e. The summed E-state index contributed by atoms with van der Waals surface area (Å²) in [4.78, 5) is 9.44. The van der Waals surface area contributed by atoms with Gasteiger partial charge in [-0.3, -0.25) is 4.57 Å². The lowest BCUT2D eigenvalue weighted by Crippen LogP contribution is -2.25. The molecule has 0 aliphatic carbocycles. The summed E-state index contributed by atoms with van der Waals surface area (Å²) >= 11 is 0. The zero-order valence-electron chi connectivity index (χ0n) is 42.1. The molecule has 8 bridgehead atoms. The molecule has 2 aromatic heterocycles. The molecule has 3 aliphatic rings. The first-order valence-corrected chi connectivity index (χ1v) is 20.3. The third-order valence-corrected chi connectivity index (χ3v) is 11.7. The molecule has 0 unspecified atom stereocenters. The monoisotopic (exact) mass is 809 g/mol. The van der Waals surface area contributed by atoms with E-state index in [0.717, 1.165) is 45.0 Å². The van der Waals surface area contributed by atoms with Gasteiger partial charge in [-0.05, 0) is 91.5 Å². The molecule has 0 saturated carbocycles. The van der Waals surface area contributed by atoms with E-state index in [1.165, 1.54) is 16.8 Å². The fourth-order valence-electron chi connectivity index (χ4n) is 8.93. The van der Waals surface area contributed by atoms with Crippen LogP contribution in [0, 0.1) is 13.7 Å². The van der Waals surface area contributed by atoms with Gasteiger partial charge in [-0.1, -0.05) is 115 Å². The van der Waals surface area contributed by atoms with E-state index in [9.17, 15) is 2.74 Å². The molecule has 0 spiro atoms. The minimum atomic E-state index is -2.87. The number of nitrogens with zero attached hydrogens (tertiary/aromatic N) is 4. The lowest BCUT2D eigenvalue weighted by molar-refractivity contribution is 0.483. The summed E-state index contributed by atoms with van der Waals surface area (Å²) in [5.41, 5.74) is 7.99. The van der Waals surface area contributed by atoms with Crippen LogP contribution in [0.25, 0.3) is 61.0 Å². The second-order valence-corrected chi connectivity index (χ2v) is 15.3. The molecular formula is C56H40N4O2. The van der Waals surface area contributed by atoms with Gasteiger partial charge in [0.1, 0.15) is 35.5 Å². The molecule has 10 aromatic rings. The third kappa shape index (κ3) is 5.83. The van der Waals surface area contributed by atoms with Gasteiger partial charge in [-0.2, -0.15) is 0 Å². The molecule has 0 fully saturated rings.